The van der Waals surface area contributed by atoms with Crippen LogP contribution in [0.15, 0.2) is 24.3 Å². The first-order valence-electron chi connectivity index (χ1n) is 7.86. The molecule has 0 fully saturated rings. The number of benzene rings is 1. The topological polar surface area (TPSA) is 51.2 Å². The van der Waals surface area contributed by atoms with E-state index in [0.29, 0.717) is 6.42 Å². The van der Waals surface area contributed by atoms with Crippen molar-refractivity contribution < 1.29 is 9.53 Å². The molecule has 1 aromatic carbocycles. The van der Waals surface area contributed by atoms with Crippen molar-refractivity contribution in [1.82, 2.24) is 10.3 Å². The monoisotopic (exact) mass is 332 g/mol. The molecule has 1 atom stereocenters. The van der Waals surface area contributed by atoms with Gasteiger partial charge in [0, 0.05) is 11.3 Å². The number of ether oxygens (including phenoxy) is 1. The van der Waals surface area contributed by atoms with Crippen molar-refractivity contribution in [2.75, 3.05) is 7.11 Å². The highest BCUT2D eigenvalue weighted by Crippen LogP contribution is 2.24. The summed E-state index contributed by atoms with van der Waals surface area (Å²) in [5.41, 5.74) is 2.15. The van der Waals surface area contributed by atoms with Crippen molar-refractivity contribution in [3.63, 3.8) is 0 Å². The van der Waals surface area contributed by atoms with Gasteiger partial charge in [-0.1, -0.05) is 18.2 Å². The Balaban J connectivity index is 1.82. The molecular weight excluding hydrogens is 308 g/mol. The largest absolute Gasteiger partial charge is 0.496 e. The zero-order chi connectivity index (χ0) is 16.8. The van der Waals surface area contributed by atoms with Crippen molar-refractivity contribution in [2.45, 2.75) is 46.1 Å². The van der Waals surface area contributed by atoms with Gasteiger partial charge in [-0.2, -0.15) is 0 Å². The number of aryl methyl sites for hydroxylation is 3. The number of aromatic nitrogens is 1. The molecule has 1 aromatic heterocycles. The number of nitrogens with one attached hydrogen (secondary N) is 1. The van der Waals surface area contributed by atoms with E-state index in [1.54, 1.807) is 18.4 Å². The number of methoxy groups -OCH3 is 1. The van der Waals surface area contributed by atoms with Crippen molar-refractivity contribution in [3.8, 4) is 5.75 Å². The van der Waals surface area contributed by atoms with Gasteiger partial charge in [0.05, 0.1) is 23.9 Å². The van der Waals surface area contributed by atoms with E-state index in [1.165, 1.54) is 0 Å². The maximum Gasteiger partial charge on any atom is 0.220 e. The van der Waals surface area contributed by atoms with Crippen LogP contribution in [0.5, 0.6) is 5.75 Å². The third kappa shape index (κ3) is 4.79. The molecule has 0 saturated heterocycles. The van der Waals surface area contributed by atoms with Crippen molar-refractivity contribution >= 4 is 17.2 Å². The fourth-order valence-corrected chi connectivity index (χ4v) is 3.61. The van der Waals surface area contributed by atoms with E-state index in [1.807, 2.05) is 45.0 Å². The predicted octanol–water partition coefficient (Wildman–Crippen LogP) is 3.97. The molecule has 23 heavy (non-hydrogen) atoms. The van der Waals surface area contributed by atoms with Crippen molar-refractivity contribution in [1.29, 1.82) is 0 Å². The third-order valence-electron chi connectivity index (χ3n) is 3.75. The summed E-state index contributed by atoms with van der Waals surface area (Å²) in [4.78, 5) is 17.7. The molecule has 2 aromatic rings. The van der Waals surface area contributed by atoms with Gasteiger partial charge >= 0.3 is 0 Å². The molecule has 0 aliphatic carbocycles. The second kappa shape index (κ2) is 8.11. The number of hydrogen-bond acceptors (Lipinski definition) is 4. The Hall–Kier alpha value is -1.88. The van der Waals surface area contributed by atoms with Crippen LogP contribution in [0, 0.1) is 13.8 Å². The summed E-state index contributed by atoms with van der Waals surface area (Å²) >= 11 is 1.65. The van der Waals surface area contributed by atoms with Crippen LogP contribution in [0.3, 0.4) is 0 Å². The fraction of sp³-hybridized carbons (Fsp3) is 0.444. The highest BCUT2D eigenvalue weighted by molar-refractivity contribution is 7.11. The van der Waals surface area contributed by atoms with Crippen LogP contribution < -0.4 is 10.1 Å². The zero-order valence-corrected chi connectivity index (χ0v) is 15.0. The van der Waals surface area contributed by atoms with Crippen LogP contribution in [0.2, 0.25) is 0 Å². The Labute approximate surface area is 141 Å². The van der Waals surface area contributed by atoms with E-state index in [-0.39, 0.29) is 11.9 Å². The molecule has 5 heteroatoms. The van der Waals surface area contributed by atoms with Crippen LogP contribution >= 0.6 is 11.3 Å². The van der Waals surface area contributed by atoms with Gasteiger partial charge in [-0.15, -0.1) is 11.3 Å². The quantitative estimate of drug-likeness (QED) is 0.835. The van der Waals surface area contributed by atoms with E-state index in [0.717, 1.165) is 39.7 Å². The number of nitrogens with zero attached hydrogens (tertiary/aromatic N) is 1. The smallest absolute Gasteiger partial charge is 0.220 e. The first-order valence-corrected chi connectivity index (χ1v) is 8.68. The van der Waals surface area contributed by atoms with Crippen LogP contribution in [0.25, 0.3) is 0 Å². The summed E-state index contributed by atoms with van der Waals surface area (Å²) in [6.07, 6.45) is 2.16. The van der Waals surface area contributed by atoms with Gasteiger partial charge in [-0.25, -0.2) is 4.98 Å². The number of thiazole rings is 1. The molecule has 124 valence electrons. The molecule has 0 aliphatic heterocycles. The second-order valence-corrected chi connectivity index (χ2v) is 6.87. The van der Waals surface area contributed by atoms with E-state index >= 15 is 0 Å². The molecule has 1 amide bonds. The van der Waals surface area contributed by atoms with Crippen LogP contribution in [-0.4, -0.2) is 18.0 Å². The number of hydrogen-bond donors (Lipinski definition) is 1. The lowest BCUT2D eigenvalue weighted by atomic mass is 10.1. The molecule has 2 rings (SSSR count). The molecular formula is C18H24N2O2S. The van der Waals surface area contributed by atoms with Crippen molar-refractivity contribution in [3.05, 3.63) is 45.4 Å². The average Bonchev–Trinajstić information content (AvgIpc) is 2.86. The number of carbonyl (C=O) groups excluding carboxylic acids is 1. The summed E-state index contributed by atoms with van der Waals surface area (Å²) in [7, 11) is 1.67. The second-order valence-electron chi connectivity index (χ2n) is 5.64. The highest BCUT2D eigenvalue weighted by Gasteiger charge is 2.15. The van der Waals surface area contributed by atoms with Gasteiger partial charge in [0.25, 0.3) is 0 Å². The van der Waals surface area contributed by atoms with Crippen LogP contribution in [-0.2, 0) is 11.2 Å². The number of para-hydroxylation sites is 1. The van der Waals surface area contributed by atoms with E-state index in [9.17, 15) is 4.79 Å². The van der Waals surface area contributed by atoms with Gasteiger partial charge < -0.3 is 10.1 Å². The molecule has 0 spiro atoms. The van der Waals surface area contributed by atoms with E-state index in [2.05, 4.69) is 10.3 Å². The van der Waals surface area contributed by atoms with Crippen LogP contribution in [0.4, 0.5) is 0 Å². The minimum Gasteiger partial charge on any atom is -0.496 e. The number of rotatable bonds is 7. The molecule has 1 heterocycles. The van der Waals surface area contributed by atoms with E-state index in [4.69, 9.17) is 4.74 Å². The van der Waals surface area contributed by atoms with E-state index < -0.39 is 0 Å². The summed E-state index contributed by atoms with van der Waals surface area (Å²) in [5.74, 6) is 0.967. The first kappa shape index (κ1) is 17.5. The molecule has 4 nitrogen and oxygen atoms in total. The lowest BCUT2D eigenvalue weighted by Crippen LogP contribution is -2.26. The zero-order valence-electron chi connectivity index (χ0n) is 14.2. The third-order valence-corrected chi connectivity index (χ3v) is 5.01. The molecule has 1 N–H and O–H groups in total. The molecule has 0 aliphatic rings. The normalized spacial score (nSPS) is 12.0. The number of carbonyl (C=O) groups is 1. The SMILES string of the molecule is COc1ccccc1CCCC(=O)NC(C)c1sc(C)nc1C. The summed E-state index contributed by atoms with van der Waals surface area (Å²) in [5, 5.41) is 4.10. The predicted molar refractivity (Wildman–Crippen MR) is 94.1 cm³/mol. The standard InChI is InChI=1S/C18H24N2O2S/c1-12-18(23-14(3)19-12)13(2)20-17(21)11-7-9-15-8-5-6-10-16(15)22-4/h5-6,8,10,13H,7,9,11H2,1-4H3,(H,20,21). The minimum atomic E-state index is 0.0139. The molecule has 1 unspecified atom stereocenters. The van der Waals surface area contributed by atoms with Gasteiger partial charge in [0.2, 0.25) is 5.91 Å². The number of amides is 1. The summed E-state index contributed by atoms with van der Waals surface area (Å²) < 4.78 is 5.33. The van der Waals surface area contributed by atoms with Gasteiger partial charge in [0.1, 0.15) is 5.75 Å². The Morgan fingerprint density at radius 2 is 2.09 bits per heavy atom. The van der Waals surface area contributed by atoms with Crippen LogP contribution in [0.1, 0.15) is 46.9 Å². The Kier molecular flexibility index (Phi) is 6.16. The lowest BCUT2D eigenvalue weighted by molar-refractivity contribution is -0.121. The van der Waals surface area contributed by atoms with Gasteiger partial charge in [0.15, 0.2) is 0 Å². The average molecular weight is 332 g/mol. The fourth-order valence-electron chi connectivity index (χ4n) is 2.68. The molecule has 0 saturated carbocycles. The Bertz CT molecular complexity index is 667. The Morgan fingerprint density at radius 1 is 1.35 bits per heavy atom. The van der Waals surface area contributed by atoms with Gasteiger partial charge in [-0.05, 0) is 45.2 Å². The minimum absolute atomic E-state index is 0.0139. The maximum atomic E-state index is 12.1. The lowest BCUT2D eigenvalue weighted by Gasteiger charge is -2.13. The van der Waals surface area contributed by atoms with Crippen molar-refractivity contribution in [2.24, 2.45) is 0 Å². The maximum absolute atomic E-state index is 12.1. The summed E-state index contributed by atoms with van der Waals surface area (Å²) in [6, 6.07) is 7.96. The van der Waals surface area contributed by atoms with Gasteiger partial charge in [-0.3, -0.25) is 4.79 Å². The summed E-state index contributed by atoms with van der Waals surface area (Å²) in [6.45, 7) is 5.99. The molecule has 0 bridgehead atoms. The Morgan fingerprint density at radius 3 is 2.74 bits per heavy atom. The first-order chi connectivity index (χ1) is 11.0. The molecule has 0 radical (unpaired) electrons. The highest BCUT2D eigenvalue weighted by atomic mass is 32.1.